The van der Waals surface area contributed by atoms with Crippen molar-refractivity contribution in [1.82, 2.24) is 0 Å². The molecular formula is C9H12FNO2S. The van der Waals surface area contributed by atoms with Gasteiger partial charge in [-0.25, -0.2) is 4.39 Å². The molecule has 2 N–H and O–H groups in total. The van der Waals surface area contributed by atoms with E-state index in [1.54, 1.807) is 0 Å². The summed E-state index contributed by atoms with van der Waals surface area (Å²) in [5, 5.41) is 0. The second-order valence-electron chi connectivity index (χ2n) is 2.76. The molecule has 14 heavy (non-hydrogen) atoms. The highest BCUT2D eigenvalue weighted by molar-refractivity contribution is 7.85. The normalized spacial score (nSPS) is 12.7. The van der Waals surface area contributed by atoms with Crippen molar-refractivity contribution in [3.8, 4) is 0 Å². The number of benzene rings is 1. The summed E-state index contributed by atoms with van der Waals surface area (Å²) >= 11 is 0. The Hall–Kier alpha value is -0.940. The number of nitrogens with two attached hydrogens (primary N) is 1. The lowest BCUT2D eigenvalue weighted by Gasteiger charge is -2.03. The third kappa shape index (κ3) is 3.08. The molecule has 5 heteroatoms. The van der Waals surface area contributed by atoms with Crippen molar-refractivity contribution in [2.75, 3.05) is 25.2 Å². The van der Waals surface area contributed by atoms with Crippen LogP contribution in [0.1, 0.15) is 0 Å². The van der Waals surface area contributed by atoms with Crippen LogP contribution in [-0.2, 0) is 15.5 Å². The summed E-state index contributed by atoms with van der Waals surface area (Å²) in [4.78, 5) is 0.402. The quantitative estimate of drug-likeness (QED) is 0.770. The minimum Gasteiger partial charge on any atom is -0.399 e. The van der Waals surface area contributed by atoms with Crippen molar-refractivity contribution in [3.05, 3.63) is 24.0 Å². The number of methoxy groups -OCH3 is 1. The molecule has 0 saturated heterocycles. The van der Waals surface area contributed by atoms with Crippen molar-refractivity contribution in [2.24, 2.45) is 0 Å². The number of halogens is 1. The number of ether oxygens (including phenoxy) is 1. The topological polar surface area (TPSA) is 52.3 Å². The summed E-state index contributed by atoms with van der Waals surface area (Å²) in [6.07, 6.45) is 0. The Morgan fingerprint density at radius 1 is 1.50 bits per heavy atom. The lowest BCUT2D eigenvalue weighted by Crippen LogP contribution is -2.05. The lowest BCUT2D eigenvalue weighted by molar-refractivity contribution is 0.218. The highest BCUT2D eigenvalue weighted by Gasteiger charge is 2.05. The first-order valence-electron chi connectivity index (χ1n) is 4.07. The SMILES string of the molecule is COCCS(=O)c1cc(N)cc(F)c1. The summed E-state index contributed by atoms with van der Waals surface area (Å²) in [5.41, 5.74) is 5.70. The Bertz CT molecular complexity index is 323. The van der Waals surface area contributed by atoms with Gasteiger partial charge in [0.25, 0.3) is 0 Å². The summed E-state index contributed by atoms with van der Waals surface area (Å²) in [6, 6.07) is 3.92. The number of anilines is 1. The summed E-state index contributed by atoms with van der Waals surface area (Å²) < 4.78 is 29.2. The van der Waals surface area contributed by atoms with E-state index < -0.39 is 16.6 Å². The first kappa shape index (κ1) is 11.1. The molecule has 0 aliphatic rings. The second-order valence-corrected chi connectivity index (χ2v) is 4.33. The van der Waals surface area contributed by atoms with E-state index in [0.29, 0.717) is 17.3 Å². The molecule has 0 bridgehead atoms. The monoisotopic (exact) mass is 217 g/mol. The average molecular weight is 217 g/mol. The first-order valence-corrected chi connectivity index (χ1v) is 5.39. The minimum absolute atomic E-state index is 0.283. The zero-order chi connectivity index (χ0) is 10.6. The van der Waals surface area contributed by atoms with Gasteiger partial charge in [-0.15, -0.1) is 0 Å². The molecule has 0 saturated carbocycles. The average Bonchev–Trinajstić information content (AvgIpc) is 2.12. The van der Waals surface area contributed by atoms with E-state index >= 15 is 0 Å². The van der Waals surface area contributed by atoms with Crippen LogP contribution in [0.15, 0.2) is 23.1 Å². The van der Waals surface area contributed by atoms with Crippen LogP contribution in [0.2, 0.25) is 0 Å². The van der Waals surface area contributed by atoms with E-state index in [9.17, 15) is 8.60 Å². The van der Waals surface area contributed by atoms with Crippen LogP contribution in [0.5, 0.6) is 0 Å². The molecule has 1 unspecified atom stereocenters. The van der Waals surface area contributed by atoms with Gasteiger partial charge in [-0.1, -0.05) is 0 Å². The van der Waals surface area contributed by atoms with E-state index in [1.807, 2.05) is 0 Å². The highest BCUT2D eigenvalue weighted by Crippen LogP contribution is 2.14. The standard InChI is InChI=1S/C9H12FNO2S/c1-13-2-3-14(12)9-5-7(10)4-8(11)6-9/h4-6H,2-3,11H2,1H3. The van der Waals surface area contributed by atoms with Gasteiger partial charge in [-0.2, -0.15) is 0 Å². The van der Waals surface area contributed by atoms with Gasteiger partial charge in [0.05, 0.1) is 23.2 Å². The molecule has 0 aromatic heterocycles. The summed E-state index contributed by atoms with van der Waals surface area (Å²) in [6.45, 7) is 0.378. The van der Waals surface area contributed by atoms with Gasteiger partial charge in [0.1, 0.15) is 5.82 Å². The molecule has 0 aliphatic heterocycles. The lowest BCUT2D eigenvalue weighted by atomic mass is 10.3. The maximum Gasteiger partial charge on any atom is 0.126 e. The van der Waals surface area contributed by atoms with Gasteiger partial charge in [-0.3, -0.25) is 4.21 Å². The third-order valence-electron chi connectivity index (χ3n) is 1.63. The Labute approximate surface area is 84.5 Å². The number of hydrogen-bond donors (Lipinski definition) is 1. The molecule has 0 amide bonds. The number of hydrogen-bond acceptors (Lipinski definition) is 3. The van der Waals surface area contributed by atoms with E-state index in [0.717, 1.165) is 0 Å². The maximum absolute atomic E-state index is 12.9. The maximum atomic E-state index is 12.9. The molecule has 0 heterocycles. The van der Waals surface area contributed by atoms with E-state index in [1.165, 1.54) is 25.3 Å². The largest absolute Gasteiger partial charge is 0.399 e. The van der Waals surface area contributed by atoms with Crippen LogP contribution in [-0.4, -0.2) is 23.7 Å². The Balaban J connectivity index is 2.79. The van der Waals surface area contributed by atoms with Crippen molar-refractivity contribution in [2.45, 2.75) is 4.90 Å². The van der Waals surface area contributed by atoms with Crippen molar-refractivity contribution >= 4 is 16.5 Å². The van der Waals surface area contributed by atoms with Crippen LogP contribution in [0.3, 0.4) is 0 Å². The Kier molecular flexibility index (Phi) is 4.03. The molecule has 1 aromatic rings. The van der Waals surface area contributed by atoms with Gasteiger partial charge in [0.2, 0.25) is 0 Å². The van der Waals surface area contributed by atoms with Gasteiger partial charge in [0.15, 0.2) is 0 Å². The molecule has 1 rings (SSSR count). The van der Waals surface area contributed by atoms with Crippen molar-refractivity contribution in [1.29, 1.82) is 0 Å². The summed E-state index contributed by atoms with van der Waals surface area (Å²) in [5.74, 6) is -0.120. The molecule has 0 spiro atoms. The zero-order valence-corrected chi connectivity index (χ0v) is 8.64. The Morgan fingerprint density at radius 2 is 2.21 bits per heavy atom. The van der Waals surface area contributed by atoms with Crippen LogP contribution >= 0.6 is 0 Å². The predicted octanol–water partition coefficient (Wildman–Crippen LogP) is 1.16. The van der Waals surface area contributed by atoms with Crippen LogP contribution in [0, 0.1) is 5.82 Å². The summed E-state index contributed by atoms with van der Waals surface area (Å²) in [7, 11) is 0.276. The van der Waals surface area contributed by atoms with Gasteiger partial charge in [0, 0.05) is 17.7 Å². The molecule has 1 atom stereocenters. The van der Waals surface area contributed by atoms with E-state index in [4.69, 9.17) is 10.5 Å². The molecule has 0 aliphatic carbocycles. The van der Waals surface area contributed by atoms with Gasteiger partial charge in [-0.05, 0) is 18.2 Å². The van der Waals surface area contributed by atoms with Gasteiger partial charge >= 0.3 is 0 Å². The van der Waals surface area contributed by atoms with Crippen molar-refractivity contribution < 1.29 is 13.3 Å². The van der Waals surface area contributed by atoms with E-state index in [-0.39, 0.29) is 5.69 Å². The van der Waals surface area contributed by atoms with Crippen LogP contribution in [0.4, 0.5) is 10.1 Å². The molecule has 1 aromatic carbocycles. The second kappa shape index (κ2) is 5.07. The number of nitrogen functional groups attached to an aromatic ring is 1. The molecule has 78 valence electrons. The fourth-order valence-electron chi connectivity index (χ4n) is 0.993. The van der Waals surface area contributed by atoms with Crippen LogP contribution < -0.4 is 5.73 Å². The number of rotatable bonds is 4. The Morgan fingerprint density at radius 3 is 2.79 bits per heavy atom. The molecular weight excluding hydrogens is 205 g/mol. The van der Waals surface area contributed by atoms with E-state index in [2.05, 4.69) is 0 Å². The minimum atomic E-state index is -1.25. The third-order valence-corrected chi connectivity index (χ3v) is 2.93. The smallest absolute Gasteiger partial charge is 0.126 e. The predicted molar refractivity (Wildman–Crippen MR) is 54.0 cm³/mol. The fraction of sp³-hybridized carbons (Fsp3) is 0.333. The molecule has 3 nitrogen and oxygen atoms in total. The molecule has 0 radical (unpaired) electrons. The van der Waals surface area contributed by atoms with Crippen molar-refractivity contribution in [3.63, 3.8) is 0 Å². The first-order chi connectivity index (χ1) is 6.63. The zero-order valence-electron chi connectivity index (χ0n) is 7.83. The highest BCUT2D eigenvalue weighted by atomic mass is 32.2. The fourth-order valence-corrected chi connectivity index (χ4v) is 2.06. The molecule has 0 fully saturated rings. The van der Waals surface area contributed by atoms with Crippen LogP contribution in [0.25, 0.3) is 0 Å². The van der Waals surface area contributed by atoms with Gasteiger partial charge < -0.3 is 10.5 Å².